The number of alkyl halides is 3. The molecule has 3 atom stereocenters. The number of halogens is 3. The van der Waals surface area contributed by atoms with Crippen molar-refractivity contribution in [1.82, 2.24) is 9.80 Å². The lowest BCUT2D eigenvalue weighted by Crippen LogP contribution is -2.49. The van der Waals surface area contributed by atoms with Crippen LogP contribution in [-0.2, 0) is 0 Å². The monoisotopic (exact) mass is 278 g/mol. The number of carbonyl (C=O) groups excluding carboxylic acids is 1. The highest BCUT2D eigenvalue weighted by atomic mass is 19.4. The second kappa shape index (κ2) is 3.92. The molecule has 1 fully saturated rings. The zero-order chi connectivity index (χ0) is 14.6. The van der Waals surface area contributed by atoms with Crippen molar-refractivity contribution >= 4 is 6.03 Å². The molecule has 1 N–H and O–H groups in total. The van der Waals surface area contributed by atoms with Gasteiger partial charge in [0.25, 0.3) is 0 Å². The topological polar surface area (TPSA) is 68.5 Å². The second-order valence-corrected chi connectivity index (χ2v) is 4.74. The van der Waals surface area contributed by atoms with E-state index >= 15 is 0 Å². The number of hydrogen-bond donors (Lipinski definition) is 1. The number of hydrogen-bond acceptors (Lipinski definition) is 4. The zero-order valence-corrected chi connectivity index (χ0v) is 10.5. The van der Waals surface area contributed by atoms with Gasteiger partial charge in [0.2, 0.25) is 0 Å². The van der Waals surface area contributed by atoms with Crippen molar-refractivity contribution in [3.63, 3.8) is 0 Å². The van der Waals surface area contributed by atoms with E-state index in [2.05, 4.69) is 10.2 Å². The van der Waals surface area contributed by atoms with Crippen LogP contribution in [0.4, 0.5) is 18.0 Å². The number of aliphatic hydroxyl groups is 1. The smallest absolute Gasteiger partial charge is 0.371 e. The molecule has 0 spiro atoms. The second-order valence-electron chi connectivity index (χ2n) is 4.74. The first kappa shape index (κ1) is 13.8. The van der Waals surface area contributed by atoms with Gasteiger partial charge in [-0.25, -0.2) is 4.79 Å². The Morgan fingerprint density at radius 1 is 1.47 bits per heavy atom. The van der Waals surface area contributed by atoms with Gasteiger partial charge in [0.15, 0.2) is 17.6 Å². The fourth-order valence-corrected chi connectivity index (χ4v) is 2.06. The number of nitrogens with zero attached hydrogens (tertiary/aromatic N) is 4. The maximum absolute atomic E-state index is 12.5. The van der Waals surface area contributed by atoms with E-state index in [0.717, 1.165) is 11.0 Å². The van der Waals surface area contributed by atoms with Crippen molar-refractivity contribution in [2.45, 2.75) is 38.0 Å². The molecule has 106 valence electrons. The van der Waals surface area contributed by atoms with Crippen molar-refractivity contribution in [2.24, 2.45) is 10.2 Å². The van der Waals surface area contributed by atoms with Crippen LogP contribution >= 0.6 is 0 Å². The van der Waals surface area contributed by atoms with Crippen LogP contribution in [-0.4, -0.2) is 52.1 Å². The molecule has 2 heterocycles. The van der Waals surface area contributed by atoms with Crippen molar-refractivity contribution in [3.05, 3.63) is 11.8 Å². The fourth-order valence-electron chi connectivity index (χ4n) is 2.06. The van der Waals surface area contributed by atoms with E-state index in [9.17, 15) is 23.1 Å². The van der Waals surface area contributed by atoms with Gasteiger partial charge in [-0.1, -0.05) is 0 Å². The van der Waals surface area contributed by atoms with E-state index in [1.165, 1.54) is 18.9 Å². The summed E-state index contributed by atoms with van der Waals surface area (Å²) in [5, 5.41) is 16.5. The van der Waals surface area contributed by atoms with Crippen LogP contribution in [0.5, 0.6) is 0 Å². The van der Waals surface area contributed by atoms with Crippen LogP contribution in [0.1, 0.15) is 13.8 Å². The normalized spacial score (nSPS) is 35.3. The average Bonchev–Trinajstić information content (AvgIpc) is 2.77. The third kappa shape index (κ3) is 1.97. The lowest BCUT2D eigenvalue weighted by molar-refractivity contribution is -0.0927. The van der Waals surface area contributed by atoms with Crippen LogP contribution < -0.4 is 0 Å². The van der Waals surface area contributed by atoms with Gasteiger partial charge in [0.05, 0.1) is 6.04 Å². The van der Waals surface area contributed by atoms with Gasteiger partial charge in [-0.3, -0.25) is 4.90 Å². The minimum Gasteiger partial charge on any atom is -0.371 e. The largest absolute Gasteiger partial charge is 0.435 e. The standard InChI is InChI=1S/C10H13F3N4O2/c1-5-7(18)17(8(19)16(5)3)9(2)4-6(14-15-9)10(11,12)13/h4-5,7,18H,1-3H3. The third-order valence-corrected chi connectivity index (χ3v) is 3.36. The molecule has 9 heteroatoms. The molecule has 1 saturated heterocycles. The molecule has 2 amide bonds. The Morgan fingerprint density at radius 3 is 2.42 bits per heavy atom. The molecule has 0 aliphatic carbocycles. The minimum atomic E-state index is -4.63. The van der Waals surface area contributed by atoms with Crippen LogP contribution in [0.25, 0.3) is 0 Å². The Morgan fingerprint density at radius 2 is 2.05 bits per heavy atom. The van der Waals surface area contributed by atoms with Crippen molar-refractivity contribution < 1.29 is 23.1 Å². The highest BCUT2D eigenvalue weighted by Gasteiger charge is 2.52. The molecule has 2 aliphatic heterocycles. The number of allylic oxidation sites excluding steroid dienone is 1. The number of carbonyl (C=O) groups is 1. The molecule has 3 unspecified atom stereocenters. The first-order chi connectivity index (χ1) is 8.58. The molecule has 19 heavy (non-hydrogen) atoms. The van der Waals surface area contributed by atoms with Crippen molar-refractivity contribution in [2.75, 3.05) is 7.05 Å². The van der Waals surface area contributed by atoms with Gasteiger partial charge in [-0.05, 0) is 19.9 Å². The molecule has 2 rings (SSSR count). The van der Waals surface area contributed by atoms with Gasteiger partial charge < -0.3 is 10.0 Å². The number of rotatable bonds is 1. The molecule has 2 aliphatic rings. The SMILES string of the molecule is CC1C(O)N(C2(C)C=C(C(F)(F)F)N=N2)C(=O)N1C. The maximum atomic E-state index is 12.5. The van der Waals surface area contributed by atoms with Gasteiger partial charge >= 0.3 is 12.2 Å². The Balaban J connectivity index is 2.36. The summed E-state index contributed by atoms with van der Waals surface area (Å²) in [5.74, 6) is 0. The molecule has 0 radical (unpaired) electrons. The van der Waals surface area contributed by atoms with Gasteiger partial charge in [0, 0.05) is 7.05 Å². The summed E-state index contributed by atoms with van der Waals surface area (Å²) < 4.78 is 37.6. The predicted octanol–water partition coefficient (Wildman–Crippen LogP) is 1.69. The van der Waals surface area contributed by atoms with Gasteiger partial charge in [-0.2, -0.15) is 18.3 Å². The van der Waals surface area contributed by atoms with E-state index < -0.39 is 35.8 Å². The molecule has 0 aromatic rings. The van der Waals surface area contributed by atoms with Crippen molar-refractivity contribution in [3.8, 4) is 0 Å². The fraction of sp³-hybridized carbons (Fsp3) is 0.700. The summed E-state index contributed by atoms with van der Waals surface area (Å²) in [6.45, 7) is 2.88. The summed E-state index contributed by atoms with van der Waals surface area (Å²) in [7, 11) is 1.46. The maximum Gasteiger partial charge on any atom is 0.435 e. The lowest BCUT2D eigenvalue weighted by atomic mass is 10.1. The molecule has 0 saturated carbocycles. The number of amides is 2. The minimum absolute atomic E-state index is 0.539. The van der Waals surface area contributed by atoms with E-state index in [1.807, 2.05) is 0 Å². The summed E-state index contributed by atoms with van der Waals surface area (Å²) in [5.41, 5.74) is -2.79. The highest BCUT2D eigenvalue weighted by Crippen LogP contribution is 2.39. The summed E-state index contributed by atoms with van der Waals surface area (Å²) in [6, 6.07) is -1.14. The van der Waals surface area contributed by atoms with E-state index in [0.29, 0.717) is 0 Å². The quantitative estimate of drug-likeness (QED) is 0.793. The third-order valence-electron chi connectivity index (χ3n) is 3.36. The molecule has 0 bridgehead atoms. The number of azo groups is 1. The van der Waals surface area contributed by atoms with Crippen LogP contribution in [0.3, 0.4) is 0 Å². The number of likely N-dealkylation sites (N-methyl/N-ethyl adjacent to an activating group) is 1. The summed E-state index contributed by atoms with van der Waals surface area (Å²) >= 11 is 0. The zero-order valence-electron chi connectivity index (χ0n) is 10.5. The number of aliphatic hydroxyl groups excluding tert-OH is 1. The van der Waals surface area contributed by atoms with E-state index in [-0.39, 0.29) is 0 Å². The van der Waals surface area contributed by atoms with Gasteiger partial charge in [-0.15, -0.1) is 5.11 Å². The lowest BCUT2D eigenvalue weighted by Gasteiger charge is -2.31. The number of urea groups is 1. The van der Waals surface area contributed by atoms with E-state index in [1.54, 1.807) is 6.92 Å². The first-order valence-corrected chi connectivity index (χ1v) is 5.55. The summed E-state index contributed by atoms with van der Waals surface area (Å²) in [6.07, 6.45) is -5.14. The molecular formula is C10H13F3N4O2. The average molecular weight is 278 g/mol. The Kier molecular flexibility index (Phi) is 2.85. The summed E-state index contributed by atoms with van der Waals surface area (Å²) in [4.78, 5) is 14.1. The molecule has 0 aromatic carbocycles. The molecule has 0 aromatic heterocycles. The predicted molar refractivity (Wildman–Crippen MR) is 57.9 cm³/mol. The Hall–Kier alpha value is -1.64. The Bertz CT molecular complexity index is 476. The van der Waals surface area contributed by atoms with E-state index in [4.69, 9.17) is 0 Å². The Labute approximate surface area is 107 Å². The van der Waals surface area contributed by atoms with Crippen LogP contribution in [0, 0.1) is 0 Å². The highest BCUT2D eigenvalue weighted by molar-refractivity contribution is 5.78. The molecular weight excluding hydrogens is 265 g/mol. The van der Waals surface area contributed by atoms with Crippen LogP contribution in [0.2, 0.25) is 0 Å². The molecule has 6 nitrogen and oxygen atoms in total. The van der Waals surface area contributed by atoms with Crippen LogP contribution in [0.15, 0.2) is 22.0 Å². The first-order valence-electron chi connectivity index (χ1n) is 5.55. The van der Waals surface area contributed by atoms with Gasteiger partial charge in [0.1, 0.15) is 0 Å². The van der Waals surface area contributed by atoms with Crippen molar-refractivity contribution in [1.29, 1.82) is 0 Å².